The van der Waals surface area contributed by atoms with Crippen molar-refractivity contribution in [3.8, 4) is 0 Å². The second-order valence-corrected chi connectivity index (χ2v) is 5.89. The van der Waals surface area contributed by atoms with Crippen LogP contribution in [0, 0.1) is 0 Å². The fourth-order valence-electron chi connectivity index (χ4n) is 2.99. The maximum atomic E-state index is 11.9. The molecule has 1 aromatic heterocycles. The van der Waals surface area contributed by atoms with E-state index < -0.39 is 0 Å². The Bertz CT molecular complexity index is 879. The zero-order valence-corrected chi connectivity index (χ0v) is 13.8. The highest BCUT2D eigenvalue weighted by Gasteiger charge is 2.12. The lowest BCUT2D eigenvalue weighted by Gasteiger charge is -2.08. The lowest BCUT2D eigenvalue weighted by atomic mass is 10.1. The van der Waals surface area contributed by atoms with E-state index in [0.717, 1.165) is 40.9 Å². The third-order valence-corrected chi connectivity index (χ3v) is 4.23. The maximum Gasteiger partial charge on any atom is 0.307 e. The van der Waals surface area contributed by atoms with Gasteiger partial charge in [0.2, 0.25) is 0 Å². The van der Waals surface area contributed by atoms with Crippen molar-refractivity contribution < 1.29 is 14.3 Å². The van der Waals surface area contributed by atoms with Crippen LogP contribution in [0.15, 0.2) is 42.5 Å². The summed E-state index contributed by atoms with van der Waals surface area (Å²) in [5, 5.41) is 2.13. The number of nitrogens with zero attached hydrogens (tertiary/aromatic N) is 1. The van der Waals surface area contributed by atoms with E-state index in [-0.39, 0.29) is 5.97 Å². The highest BCUT2D eigenvalue weighted by molar-refractivity contribution is 6.09. The molecule has 3 aromatic rings. The van der Waals surface area contributed by atoms with E-state index in [1.165, 1.54) is 0 Å². The summed E-state index contributed by atoms with van der Waals surface area (Å²) in [4.78, 5) is 23.0. The molecule has 1 heterocycles. The van der Waals surface area contributed by atoms with Crippen LogP contribution in [0.1, 0.15) is 36.5 Å². The summed E-state index contributed by atoms with van der Waals surface area (Å²) in [6.45, 7) is 3.13. The van der Waals surface area contributed by atoms with Gasteiger partial charge in [-0.2, -0.15) is 0 Å². The minimum Gasteiger partial charge on any atom is -0.466 e. The van der Waals surface area contributed by atoms with Crippen LogP contribution in [0.4, 0.5) is 0 Å². The summed E-state index contributed by atoms with van der Waals surface area (Å²) in [6.07, 6.45) is 3.11. The number of carbonyl (C=O) groups excluding carboxylic acids is 2. The van der Waals surface area contributed by atoms with Crippen molar-refractivity contribution in [1.29, 1.82) is 0 Å². The van der Waals surface area contributed by atoms with Gasteiger partial charge >= 0.3 is 5.97 Å². The number of hydrogen-bond donors (Lipinski definition) is 0. The molecule has 24 heavy (non-hydrogen) atoms. The van der Waals surface area contributed by atoms with Crippen LogP contribution in [0.5, 0.6) is 0 Å². The van der Waals surface area contributed by atoms with Crippen molar-refractivity contribution >= 4 is 34.1 Å². The SMILES string of the molecule is CCCCOC(=O)CCn1c2ccccc2c2cc(C=O)ccc21. The number of aldehydes is 1. The van der Waals surface area contributed by atoms with E-state index >= 15 is 0 Å². The molecule has 0 fully saturated rings. The van der Waals surface area contributed by atoms with E-state index in [0.29, 0.717) is 25.1 Å². The molecule has 2 aromatic carbocycles. The number of esters is 1. The Balaban J connectivity index is 1.91. The molecule has 0 bridgehead atoms. The average molecular weight is 323 g/mol. The second kappa shape index (κ2) is 7.30. The van der Waals surface area contributed by atoms with E-state index in [2.05, 4.69) is 11.5 Å². The predicted molar refractivity (Wildman–Crippen MR) is 95.3 cm³/mol. The first kappa shape index (κ1) is 16.2. The lowest BCUT2D eigenvalue weighted by molar-refractivity contribution is -0.143. The molecule has 0 atom stereocenters. The second-order valence-electron chi connectivity index (χ2n) is 5.89. The average Bonchev–Trinajstić information content (AvgIpc) is 2.93. The molecule has 0 amide bonds. The Labute approximate surface area is 141 Å². The number of aromatic nitrogens is 1. The van der Waals surface area contributed by atoms with Crippen molar-refractivity contribution in [3.63, 3.8) is 0 Å². The summed E-state index contributed by atoms with van der Waals surface area (Å²) in [7, 11) is 0. The number of ether oxygens (including phenoxy) is 1. The standard InChI is InChI=1S/C20H21NO3/c1-2-3-12-24-20(23)10-11-21-18-7-5-4-6-16(18)17-13-15(14-22)8-9-19(17)21/h4-9,13-14H,2-3,10-12H2,1H3. The van der Waals surface area contributed by atoms with Gasteiger partial charge < -0.3 is 9.30 Å². The summed E-state index contributed by atoms with van der Waals surface area (Å²) >= 11 is 0. The number of aryl methyl sites for hydroxylation is 1. The molecule has 0 saturated carbocycles. The monoisotopic (exact) mass is 323 g/mol. The number of benzene rings is 2. The quantitative estimate of drug-likeness (QED) is 0.369. The number of hydrogen-bond acceptors (Lipinski definition) is 3. The highest BCUT2D eigenvalue weighted by atomic mass is 16.5. The van der Waals surface area contributed by atoms with Gasteiger partial charge in [-0.3, -0.25) is 9.59 Å². The molecule has 4 nitrogen and oxygen atoms in total. The third kappa shape index (κ3) is 3.18. The molecule has 0 radical (unpaired) electrons. The van der Waals surface area contributed by atoms with Crippen LogP contribution in [0.2, 0.25) is 0 Å². The van der Waals surface area contributed by atoms with Crippen LogP contribution in [-0.2, 0) is 16.1 Å². The molecule has 0 N–H and O–H groups in total. The van der Waals surface area contributed by atoms with Gasteiger partial charge in [-0.25, -0.2) is 0 Å². The van der Waals surface area contributed by atoms with Gasteiger partial charge in [0.15, 0.2) is 0 Å². The van der Waals surface area contributed by atoms with Gasteiger partial charge in [-0.1, -0.05) is 31.5 Å². The molecule has 4 heteroatoms. The molecule has 0 spiro atoms. The zero-order chi connectivity index (χ0) is 16.9. The van der Waals surface area contributed by atoms with Crippen molar-refractivity contribution in [2.45, 2.75) is 32.7 Å². The predicted octanol–water partition coefficient (Wildman–Crippen LogP) is 4.34. The van der Waals surface area contributed by atoms with E-state index in [1.54, 1.807) is 0 Å². The Morgan fingerprint density at radius 3 is 2.71 bits per heavy atom. The minimum atomic E-state index is -0.168. The zero-order valence-electron chi connectivity index (χ0n) is 13.8. The van der Waals surface area contributed by atoms with Crippen molar-refractivity contribution in [2.75, 3.05) is 6.61 Å². The van der Waals surface area contributed by atoms with Crippen LogP contribution in [0.25, 0.3) is 21.8 Å². The molecule has 124 valence electrons. The highest BCUT2D eigenvalue weighted by Crippen LogP contribution is 2.29. The van der Waals surface area contributed by atoms with E-state index in [4.69, 9.17) is 4.74 Å². The van der Waals surface area contributed by atoms with E-state index in [9.17, 15) is 9.59 Å². The molecule has 0 unspecified atom stereocenters. The topological polar surface area (TPSA) is 48.3 Å². The van der Waals surface area contributed by atoms with Crippen LogP contribution in [0.3, 0.4) is 0 Å². The molecular formula is C20H21NO3. The van der Waals surface area contributed by atoms with Crippen LogP contribution in [-0.4, -0.2) is 23.4 Å². The Kier molecular flexibility index (Phi) is 4.94. The van der Waals surface area contributed by atoms with Gasteiger partial charge in [0.1, 0.15) is 6.29 Å². The Morgan fingerprint density at radius 2 is 1.92 bits per heavy atom. The fraction of sp³-hybridized carbons (Fsp3) is 0.300. The molecular weight excluding hydrogens is 302 g/mol. The number of fused-ring (bicyclic) bond motifs is 3. The molecule has 0 aliphatic heterocycles. The molecule has 0 aliphatic rings. The van der Waals surface area contributed by atoms with Crippen molar-refractivity contribution in [3.05, 3.63) is 48.0 Å². The van der Waals surface area contributed by atoms with Crippen LogP contribution < -0.4 is 0 Å². The smallest absolute Gasteiger partial charge is 0.307 e. The van der Waals surface area contributed by atoms with Gasteiger partial charge in [-0.05, 0) is 30.7 Å². The maximum absolute atomic E-state index is 11.9. The van der Waals surface area contributed by atoms with Gasteiger partial charge in [0, 0.05) is 33.9 Å². The molecule has 0 saturated heterocycles. The van der Waals surface area contributed by atoms with Gasteiger partial charge in [-0.15, -0.1) is 0 Å². The van der Waals surface area contributed by atoms with Gasteiger partial charge in [0.25, 0.3) is 0 Å². The summed E-state index contributed by atoms with van der Waals surface area (Å²) < 4.78 is 7.37. The molecule has 3 rings (SSSR count). The largest absolute Gasteiger partial charge is 0.466 e. The molecule has 0 aliphatic carbocycles. The van der Waals surface area contributed by atoms with E-state index in [1.807, 2.05) is 42.5 Å². The number of rotatable bonds is 7. The number of para-hydroxylation sites is 1. The van der Waals surface area contributed by atoms with Crippen LogP contribution >= 0.6 is 0 Å². The minimum absolute atomic E-state index is 0.168. The fourth-order valence-corrected chi connectivity index (χ4v) is 2.99. The normalized spacial score (nSPS) is 11.0. The summed E-state index contributed by atoms with van der Waals surface area (Å²) in [5.74, 6) is -0.168. The summed E-state index contributed by atoms with van der Waals surface area (Å²) in [6, 6.07) is 13.7. The van der Waals surface area contributed by atoms with Crippen molar-refractivity contribution in [2.24, 2.45) is 0 Å². The Morgan fingerprint density at radius 1 is 1.12 bits per heavy atom. The number of unbranched alkanes of at least 4 members (excludes halogenated alkanes) is 1. The van der Waals surface area contributed by atoms with Crippen molar-refractivity contribution in [1.82, 2.24) is 4.57 Å². The number of carbonyl (C=O) groups is 2. The first-order valence-electron chi connectivity index (χ1n) is 8.36. The van der Waals surface area contributed by atoms with Gasteiger partial charge in [0.05, 0.1) is 13.0 Å². The lowest BCUT2D eigenvalue weighted by Crippen LogP contribution is -2.10. The Hall–Kier alpha value is -2.62. The third-order valence-electron chi connectivity index (χ3n) is 4.23. The first-order valence-corrected chi connectivity index (χ1v) is 8.36. The first-order chi connectivity index (χ1) is 11.7. The summed E-state index contributed by atoms with van der Waals surface area (Å²) in [5.41, 5.74) is 2.75.